The monoisotopic (exact) mass is 516 g/mol. The zero-order chi connectivity index (χ0) is 24.7. The Hall–Kier alpha value is -0.580. The second kappa shape index (κ2) is 25.1. The van der Waals surface area contributed by atoms with Crippen LogP contribution in [0.15, 0.2) is 24.3 Å². The number of hydrogen-bond acceptors (Lipinski definition) is 3. The van der Waals surface area contributed by atoms with E-state index in [1.165, 1.54) is 128 Å². The fourth-order valence-electron chi connectivity index (χ4n) is 4.45. The van der Waals surface area contributed by atoms with E-state index in [0.717, 1.165) is 12.8 Å². The Labute approximate surface area is 245 Å². The topological polar surface area (TPSA) is 63.6 Å². The molecule has 1 aromatic carbocycles. The molecule has 0 saturated carbocycles. The number of carboxylic acid groups (broad SMARTS) is 1. The average molecular weight is 517 g/mol. The van der Waals surface area contributed by atoms with Crippen molar-refractivity contribution in [3.05, 3.63) is 35.4 Å². The summed E-state index contributed by atoms with van der Waals surface area (Å²) in [5, 5.41) is 9.15. The zero-order valence-corrected chi connectivity index (χ0v) is 21.8. The molecule has 0 unspecified atom stereocenters. The summed E-state index contributed by atoms with van der Waals surface area (Å²) < 4.78 is 5.25. The molecule has 0 amide bonds. The number of carbonyl (C=O) groups excluding carboxylic acids is 1. The molecular weight excluding hydrogens is 464 g/mol. The minimum atomic E-state index is -1.11. The van der Waals surface area contributed by atoms with Gasteiger partial charge in [0, 0.05) is 0 Å². The Morgan fingerprint density at radius 1 is 0.600 bits per heavy atom. The molecule has 0 aliphatic carbocycles. The van der Waals surface area contributed by atoms with E-state index in [9.17, 15) is 9.59 Å². The van der Waals surface area contributed by atoms with E-state index < -0.39 is 11.9 Å². The van der Waals surface area contributed by atoms with Gasteiger partial charge in [-0.25, -0.2) is 9.59 Å². The minimum absolute atomic E-state index is 0. The molecule has 1 N–H and O–H groups in total. The van der Waals surface area contributed by atoms with E-state index in [4.69, 9.17) is 9.84 Å². The summed E-state index contributed by atoms with van der Waals surface area (Å²) in [4.78, 5) is 23.3. The van der Waals surface area contributed by atoms with Gasteiger partial charge in [0.15, 0.2) is 0 Å². The average Bonchev–Trinajstić information content (AvgIpc) is 2.84. The van der Waals surface area contributed by atoms with Crippen LogP contribution in [0.1, 0.15) is 156 Å². The number of rotatable bonds is 23. The zero-order valence-electron chi connectivity index (χ0n) is 21.8. The molecule has 4 nitrogen and oxygen atoms in total. The van der Waals surface area contributed by atoms with Crippen LogP contribution in [0, 0.1) is 0 Å². The molecule has 0 bridgehead atoms. The Morgan fingerprint density at radius 2 is 0.943 bits per heavy atom. The van der Waals surface area contributed by atoms with Gasteiger partial charge in [-0.3, -0.25) is 0 Å². The number of aromatic carboxylic acids is 1. The number of benzene rings is 1. The summed E-state index contributed by atoms with van der Waals surface area (Å²) in [6, 6.07) is 6.19. The molecule has 198 valence electrons. The van der Waals surface area contributed by atoms with E-state index in [1.54, 1.807) is 12.1 Å². The van der Waals surface area contributed by atoms with Gasteiger partial charge in [0.25, 0.3) is 0 Å². The summed E-state index contributed by atoms with van der Waals surface area (Å²) in [5.74, 6) is -1.65. The van der Waals surface area contributed by atoms with Crippen molar-refractivity contribution in [2.75, 3.05) is 6.61 Å². The summed E-state index contributed by atoms with van der Waals surface area (Å²) in [7, 11) is 0. The third-order valence-corrected chi connectivity index (χ3v) is 6.61. The second-order valence-corrected chi connectivity index (χ2v) is 9.70. The summed E-state index contributed by atoms with van der Waals surface area (Å²) >= 11 is 0. The number of ether oxygens (including phenoxy) is 1. The molecular formula is C30H52CaO4. The molecule has 0 aliphatic heterocycles. The van der Waals surface area contributed by atoms with Crippen molar-refractivity contribution in [2.45, 2.75) is 135 Å². The fraction of sp³-hybridized carbons (Fsp3) is 0.733. The van der Waals surface area contributed by atoms with Gasteiger partial charge in [0.1, 0.15) is 0 Å². The first-order valence-corrected chi connectivity index (χ1v) is 14.2. The van der Waals surface area contributed by atoms with E-state index >= 15 is 0 Å². The molecule has 0 radical (unpaired) electrons. The van der Waals surface area contributed by atoms with Gasteiger partial charge in [-0.05, 0) is 18.6 Å². The molecule has 0 aliphatic rings. The van der Waals surface area contributed by atoms with Gasteiger partial charge in [-0.15, -0.1) is 0 Å². The van der Waals surface area contributed by atoms with Crippen LogP contribution in [0.4, 0.5) is 0 Å². The van der Waals surface area contributed by atoms with Crippen LogP contribution in [-0.2, 0) is 4.74 Å². The number of hydrogen-bond donors (Lipinski definition) is 1. The van der Waals surface area contributed by atoms with Crippen molar-refractivity contribution < 1.29 is 19.4 Å². The molecule has 5 heteroatoms. The molecule has 0 saturated heterocycles. The standard InChI is InChI=1S/C30H50O4.Ca.2H/c1-2-3-4-5-6-7-8-9-10-11-12-13-14-15-16-17-18-19-20-23-26-34-30(33)28-25-22-21-24-27(28)29(31)32;;;/h21-22,24-25H,2-20,23,26H2,1H3,(H,31,32);;;. The molecule has 1 rings (SSSR count). The van der Waals surface area contributed by atoms with E-state index in [1.807, 2.05) is 0 Å². The first-order chi connectivity index (χ1) is 16.7. The predicted molar refractivity (Wildman–Crippen MR) is 150 cm³/mol. The van der Waals surface area contributed by atoms with Gasteiger partial charge in [0.05, 0.1) is 17.7 Å². The third kappa shape index (κ3) is 19.2. The predicted octanol–water partition coefficient (Wildman–Crippen LogP) is 8.45. The Kier molecular flexibility index (Phi) is 24.7. The molecule has 0 spiro atoms. The van der Waals surface area contributed by atoms with Crippen molar-refractivity contribution in [1.29, 1.82) is 0 Å². The normalized spacial score (nSPS) is 10.7. The Morgan fingerprint density at radius 3 is 1.31 bits per heavy atom. The first kappa shape index (κ1) is 34.4. The Balaban J connectivity index is 0.0000116. The van der Waals surface area contributed by atoms with Crippen LogP contribution in [0.2, 0.25) is 0 Å². The Bertz CT molecular complexity index is 647. The van der Waals surface area contributed by atoms with Crippen LogP contribution in [-0.4, -0.2) is 61.4 Å². The van der Waals surface area contributed by atoms with Crippen molar-refractivity contribution in [2.24, 2.45) is 0 Å². The fourth-order valence-corrected chi connectivity index (χ4v) is 4.45. The van der Waals surface area contributed by atoms with Crippen molar-refractivity contribution in [3.8, 4) is 0 Å². The quantitative estimate of drug-likeness (QED) is 0.0900. The van der Waals surface area contributed by atoms with Crippen molar-refractivity contribution in [1.82, 2.24) is 0 Å². The van der Waals surface area contributed by atoms with Gasteiger partial charge in [0.2, 0.25) is 0 Å². The van der Waals surface area contributed by atoms with Crippen LogP contribution in [0.25, 0.3) is 0 Å². The number of esters is 1. The number of carboxylic acids is 1. The third-order valence-electron chi connectivity index (χ3n) is 6.61. The molecule has 0 heterocycles. The molecule has 0 atom stereocenters. The van der Waals surface area contributed by atoms with Crippen LogP contribution < -0.4 is 0 Å². The molecule has 0 fully saturated rings. The maximum absolute atomic E-state index is 12.1. The van der Waals surface area contributed by atoms with E-state index in [-0.39, 0.29) is 48.9 Å². The second-order valence-electron chi connectivity index (χ2n) is 9.70. The van der Waals surface area contributed by atoms with Crippen LogP contribution in [0.5, 0.6) is 0 Å². The first-order valence-electron chi connectivity index (χ1n) is 14.2. The van der Waals surface area contributed by atoms with Crippen molar-refractivity contribution in [3.63, 3.8) is 0 Å². The molecule has 35 heavy (non-hydrogen) atoms. The van der Waals surface area contributed by atoms with Crippen molar-refractivity contribution >= 4 is 49.7 Å². The van der Waals surface area contributed by atoms with Gasteiger partial charge in [-0.2, -0.15) is 0 Å². The van der Waals surface area contributed by atoms with Gasteiger partial charge < -0.3 is 9.84 Å². The summed E-state index contributed by atoms with van der Waals surface area (Å²) in [6.45, 7) is 2.63. The molecule has 0 aromatic heterocycles. The van der Waals surface area contributed by atoms with E-state index in [0.29, 0.717) is 6.61 Å². The van der Waals surface area contributed by atoms with Gasteiger partial charge >= 0.3 is 49.7 Å². The number of unbranched alkanes of at least 4 members (excludes halogenated alkanes) is 19. The van der Waals surface area contributed by atoms with Crippen LogP contribution in [0.3, 0.4) is 0 Å². The summed E-state index contributed by atoms with van der Waals surface area (Å²) in [6.07, 6.45) is 26.7. The number of carbonyl (C=O) groups is 2. The SMILES string of the molecule is CCCCCCCCCCCCCCCCCCCCCCOC(=O)c1ccccc1C(=O)O.[CaH2]. The van der Waals surface area contributed by atoms with E-state index in [2.05, 4.69) is 6.92 Å². The van der Waals surface area contributed by atoms with Gasteiger partial charge in [-0.1, -0.05) is 141 Å². The maximum atomic E-state index is 12.1. The summed E-state index contributed by atoms with van der Waals surface area (Å²) in [5.41, 5.74) is 0.124. The molecule has 1 aromatic rings. The van der Waals surface area contributed by atoms with Crippen LogP contribution >= 0.6 is 0 Å².